The molecule has 0 N–H and O–H groups in total. The minimum Gasteiger partial charge on any atom is -0.475 e. The highest BCUT2D eigenvalue weighted by Crippen LogP contribution is 2.42. The summed E-state index contributed by atoms with van der Waals surface area (Å²) in [5, 5.41) is 3.83. The van der Waals surface area contributed by atoms with Crippen LogP contribution in [0.1, 0.15) is 5.56 Å². The molecule has 1 atom stereocenters. The molecular formula is C20H18NO2P. The Morgan fingerprint density at radius 1 is 0.917 bits per heavy atom. The summed E-state index contributed by atoms with van der Waals surface area (Å²) in [6, 6.07) is 21.8. The van der Waals surface area contributed by atoms with Crippen molar-refractivity contribution in [3.8, 4) is 0 Å². The second-order valence-electron chi connectivity index (χ2n) is 5.97. The van der Waals surface area contributed by atoms with E-state index in [1.54, 1.807) is 0 Å². The van der Waals surface area contributed by atoms with Crippen molar-refractivity contribution in [3.63, 3.8) is 0 Å². The van der Waals surface area contributed by atoms with Crippen molar-refractivity contribution in [1.82, 2.24) is 0 Å². The zero-order valence-corrected chi connectivity index (χ0v) is 14.4. The number of aliphatic imine (C=N–C) groups is 1. The Kier molecular flexibility index (Phi) is 3.74. The highest BCUT2D eigenvalue weighted by Gasteiger charge is 2.28. The van der Waals surface area contributed by atoms with Gasteiger partial charge in [0, 0.05) is 16.2 Å². The third-order valence-corrected chi connectivity index (χ3v) is 7.02. The van der Waals surface area contributed by atoms with Crippen LogP contribution < -0.4 is 10.6 Å². The van der Waals surface area contributed by atoms with E-state index in [-0.39, 0.29) is 0 Å². The summed E-state index contributed by atoms with van der Waals surface area (Å²) in [5.41, 5.74) is 0.841. The third kappa shape index (κ3) is 2.46. The van der Waals surface area contributed by atoms with E-state index in [1.165, 1.54) is 0 Å². The summed E-state index contributed by atoms with van der Waals surface area (Å²) in [6.07, 6.45) is 0. The molecule has 1 aliphatic rings. The van der Waals surface area contributed by atoms with Gasteiger partial charge in [-0.3, -0.25) is 0 Å². The topological polar surface area (TPSA) is 38.7 Å². The Labute approximate surface area is 141 Å². The number of hydrogen-bond donors (Lipinski definition) is 0. The molecule has 0 saturated carbocycles. The Hall–Kier alpha value is -2.38. The lowest BCUT2D eigenvalue weighted by molar-refractivity contribution is 0.348. The van der Waals surface area contributed by atoms with Gasteiger partial charge < -0.3 is 9.30 Å². The van der Waals surface area contributed by atoms with Crippen LogP contribution in [0.3, 0.4) is 0 Å². The minimum atomic E-state index is -2.79. The molecule has 0 saturated heterocycles. The number of benzene rings is 3. The molecule has 0 radical (unpaired) electrons. The maximum atomic E-state index is 13.9. The van der Waals surface area contributed by atoms with Crippen molar-refractivity contribution < 1.29 is 9.30 Å². The predicted molar refractivity (Wildman–Crippen MR) is 101 cm³/mol. The van der Waals surface area contributed by atoms with E-state index in [0.717, 1.165) is 26.9 Å². The molecule has 4 rings (SSSR count). The van der Waals surface area contributed by atoms with Crippen molar-refractivity contribution in [2.45, 2.75) is 0 Å². The molecule has 3 nitrogen and oxygen atoms in total. The van der Waals surface area contributed by atoms with Gasteiger partial charge in [-0.2, -0.15) is 0 Å². The molecule has 1 heterocycles. The van der Waals surface area contributed by atoms with Crippen LogP contribution in [0.25, 0.3) is 10.8 Å². The molecule has 0 aromatic heterocycles. The van der Waals surface area contributed by atoms with Crippen LogP contribution in [0.15, 0.2) is 71.7 Å². The lowest BCUT2D eigenvalue weighted by Gasteiger charge is -2.19. The van der Waals surface area contributed by atoms with Gasteiger partial charge in [-0.05, 0) is 23.5 Å². The molecule has 1 aliphatic heterocycles. The van der Waals surface area contributed by atoms with Gasteiger partial charge in [0.25, 0.3) is 0 Å². The summed E-state index contributed by atoms with van der Waals surface area (Å²) >= 11 is 0. The first kappa shape index (κ1) is 15.2. The zero-order chi connectivity index (χ0) is 16.6. The summed E-state index contributed by atoms with van der Waals surface area (Å²) in [7, 11) is -2.79. The van der Waals surface area contributed by atoms with Crippen LogP contribution in [-0.2, 0) is 9.30 Å². The Bertz CT molecular complexity index is 988. The predicted octanol–water partition coefficient (Wildman–Crippen LogP) is 3.56. The van der Waals surface area contributed by atoms with Crippen LogP contribution in [0, 0.1) is 0 Å². The summed E-state index contributed by atoms with van der Waals surface area (Å²) in [5.74, 6) is 0.605. The molecule has 0 fully saturated rings. The molecular weight excluding hydrogens is 317 g/mol. The molecule has 24 heavy (non-hydrogen) atoms. The highest BCUT2D eigenvalue weighted by atomic mass is 31.2. The SMILES string of the molecule is C[P@](=O)(c1ccccc1C1=NCCO1)c1cccc2ccccc12. The molecule has 0 spiro atoms. The molecule has 0 unspecified atom stereocenters. The second kappa shape index (κ2) is 5.92. The fourth-order valence-electron chi connectivity index (χ4n) is 3.23. The number of ether oxygens (including phenoxy) is 1. The molecule has 120 valence electrons. The Morgan fingerprint density at radius 3 is 2.46 bits per heavy atom. The van der Waals surface area contributed by atoms with E-state index in [2.05, 4.69) is 17.1 Å². The van der Waals surface area contributed by atoms with Crippen LogP contribution in [0.2, 0.25) is 0 Å². The highest BCUT2D eigenvalue weighted by molar-refractivity contribution is 7.78. The Morgan fingerprint density at radius 2 is 1.62 bits per heavy atom. The molecule has 0 amide bonds. The number of fused-ring (bicyclic) bond motifs is 1. The summed E-state index contributed by atoms with van der Waals surface area (Å²) < 4.78 is 19.5. The molecule has 0 bridgehead atoms. The van der Waals surface area contributed by atoms with Crippen LogP contribution in [0.5, 0.6) is 0 Å². The average molecular weight is 335 g/mol. The first-order chi connectivity index (χ1) is 11.7. The largest absolute Gasteiger partial charge is 0.475 e. The van der Waals surface area contributed by atoms with E-state index in [4.69, 9.17) is 4.74 Å². The van der Waals surface area contributed by atoms with Gasteiger partial charge in [0.2, 0.25) is 5.90 Å². The maximum absolute atomic E-state index is 13.9. The van der Waals surface area contributed by atoms with E-state index in [1.807, 2.05) is 61.3 Å². The van der Waals surface area contributed by atoms with E-state index < -0.39 is 7.14 Å². The standard InChI is InChI=1S/C20H18NO2P/c1-24(22,18-12-6-8-15-7-2-3-9-16(15)18)19-11-5-4-10-17(19)20-21-13-14-23-20/h2-12H,13-14H2,1H3/t24-/m1/s1. The van der Waals surface area contributed by atoms with Crippen LogP contribution in [0.4, 0.5) is 0 Å². The number of rotatable bonds is 3. The summed E-state index contributed by atoms with van der Waals surface area (Å²) in [4.78, 5) is 4.41. The van der Waals surface area contributed by atoms with Gasteiger partial charge in [0.1, 0.15) is 13.7 Å². The quantitative estimate of drug-likeness (QED) is 0.687. The fourth-order valence-corrected chi connectivity index (χ4v) is 5.53. The normalized spacial score (nSPS) is 16.5. The first-order valence-corrected chi connectivity index (χ1v) is 10.2. The van der Waals surface area contributed by atoms with Crippen LogP contribution >= 0.6 is 7.14 Å². The van der Waals surface area contributed by atoms with Crippen molar-refractivity contribution in [1.29, 1.82) is 0 Å². The molecule has 0 aliphatic carbocycles. The number of nitrogens with zero attached hydrogens (tertiary/aromatic N) is 1. The smallest absolute Gasteiger partial charge is 0.217 e. The lowest BCUT2D eigenvalue weighted by Crippen LogP contribution is -2.22. The van der Waals surface area contributed by atoms with E-state index >= 15 is 0 Å². The average Bonchev–Trinajstić information content (AvgIpc) is 3.16. The number of hydrogen-bond acceptors (Lipinski definition) is 3. The Balaban J connectivity index is 1.94. The van der Waals surface area contributed by atoms with Crippen LogP contribution in [-0.4, -0.2) is 25.7 Å². The molecule has 3 aromatic rings. The third-order valence-electron chi connectivity index (χ3n) is 4.41. The van der Waals surface area contributed by atoms with Crippen molar-refractivity contribution in [2.75, 3.05) is 19.8 Å². The van der Waals surface area contributed by atoms with Crippen molar-refractivity contribution >= 4 is 34.4 Å². The fraction of sp³-hybridized carbons (Fsp3) is 0.150. The molecule has 3 aromatic carbocycles. The van der Waals surface area contributed by atoms with Gasteiger partial charge in [-0.25, -0.2) is 4.99 Å². The minimum absolute atomic E-state index is 0.589. The van der Waals surface area contributed by atoms with Gasteiger partial charge in [-0.15, -0.1) is 0 Å². The van der Waals surface area contributed by atoms with Gasteiger partial charge in [-0.1, -0.05) is 60.7 Å². The first-order valence-electron chi connectivity index (χ1n) is 8.01. The monoisotopic (exact) mass is 335 g/mol. The van der Waals surface area contributed by atoms with Crippen molar-refractivity contribution in [2.24, 2.45) is 4.99 Å². The summed E-state index contributed by atoms with van der Waals surface area (Å²) in [6.45, 7) is 3.08. The van der Waals surface area contributed by atoms with Gasteiger partial charge >= 0.3 is 0 Å². The van der Waals surface area contributed by atoms with E-state index in [9.17, 15) is 4.57 Å². The van der Waals surface area contributed by atoms with Gasteiger partial charge in [0.15, 0.2) is 0 Å². The van der Waals surface area contributed by atoms with Crippen molar-refractivity contribution in [3.05, 3.63) is 72.3 Å². The lowest BCUT2D eigenvalue weighted by atomic mass is 10.1. The molecule has 4 heteroatoms. The maximum Gasteiger partial charge on any atom is 0.217 e. The second-order valence-corrected chi connectivity index (χ2v) is 8.79. The zero-order valence-electron chi connectivity index (χ0n) is 13.5. The van der Waals surface area contributed by atoms with Gasteiger partial charge in [0.05, 0.1) is 6.54 Å². The van der Waals surface area contributed by atoms with E-state index in [0.29, 0.717) is 19.0 Å².